The summed E-state index contributed by atoms with van der Waals surface area (Å²) in [4.78, 5) is 11.6. The molecule has 6 nitrogen and oxygen atoms in total. The van der Waals surface area contributed by atoms with Gasteiger partial charge in [-0.2, -0.15) is 0 Å². The quantitative estimate of drug-likeness (QED) is 0.919. The summed E-state index contributed by atoms with van der Waals surface area (Å²) in [5.41, 5.74) is 1.14. The van der Waals surface area contributed by atoms with E-state index in [4.69, 9.17) is 9.47 Å². The molecular formula is C19H24N4O2. The van der Waals surface area contributed by atoms with Gasteiger partial charge in [0.05, 0.1) is 0 Å². The molecule has 25 heavy (non-hydrogen) atoms. The van der Waals surface area contributed by atoms with Crippen LogP contribution in [0.25, 0.3) is 0 Å². The second-order valence-electron chi connectivity index (χ2n) is 6.60. The van der Waals surface area contributed by atoms with Crippen LogP contribution in [0.15, 0.2) is 24.3 Å². The van der Waals surface area contributed by atoms with Crippen molar-refractivity contribution >= 4 is 11.6 Å². The molecule has 4 rings (SSSR count). The first-order valence-corrected chi connectivity index (χ1v) is 9.01. The minimum atomic E-state index is 0.302. The monoisotopic (exact) mass is 340 g/mol. The molecule has 0 bridgehead atoms. The molecule has 1 N–H and O–H groups in total. The fourth-order valence-corrected chi connectivity index (χ4v) is 3.35. The Kier molecular flexibility index (Phi) is 4.59. The zero-order valence-electron chi connectivity index (χ0n) is 14.6. The number of aryl methyl sites for hydroxylation is 1. The Hall–Kier alpha value is -2.50. The maximum absolute atomic E-state index is 5.44. The largest absolute Gasteiger partial charge is 0.454 e. The predicted octanol–water partition coefficient (Wildman–Crippen LogP) is 3.51. The zero-order valence-corrected chi connectivity index (χ0v) is 14.6. The molecule has 2 aromatic rings. The zero-order chi connectivity index (χ0) is 17.1. The van der Waals surface area contributed by atoms with E-state index in [1.807, 2.05) is 25.1 Å². The summed E-state index contributed by atoms with van der Waals surface area (Å²) in [6.07, 6.45) is 5.11. The van der Waals surface area contributed by atoms with Crippen molar-refractivity contribution in [3.8, 4) is 11.5 Å². The standard InChI is InChI=1S/C19H24N4O2/c1-14-21-18(11-19(22-14)23-8-4-2-3-5-9-23)20-12-15-6-7-16-17(10-15)25-13-24-16/h6-7,10-11H,2-5,8-9,12-13H2,1H3,(H,20,21,22). The van der Waals surface area contributed by atoms with E-state index in [1.165, 1.54) is 25.7 Å². The summed E-state index contributed by atoms with van der Waals surface area (Å²) < 4.78 is 10.8. The first kappa shape index (κ1) is 16.0. The van der Waals surface area contributed by atoms with Crippen molar-refractivity contribution in [2.45, 2.75) is 39.2 Å². The summed E-state index contributed by atoms with van der Waals surface area (Å²) in [5, 5.41) is 3.41. The average molecular weight is 340 g/mol. The van der Waals surface area contributed by atoms with E-state index in [9.17, 15) is 0 Å². The van der Waals surface area contributed by atoms with Crippen LogP contribution in [0.5, 0.6) is 11.5 Å². The molecule has 1 aromatic heterocycles. The Balaban J connectivity index is 1.46. The van der Waals surface area contributed by atoms with Crippen molar-refractivity contribution < 1.29 is 9.47 Å². The minimum absolute atomic E-state index is 0.302. The van der Waals surface area contributed by atoms with Crippen molar-refractivity contribution in [2.24, 2.45) is 0 Å². The molecule has 1 saturated heterocycles. The number of hydrogen-bond acceptors (Lipinski definition) is 6. The molecule has 0 amide bonds. The molecule has 6 heteroatoms. The lowest BCUT2D eigenvalue weighted by Crippen LogP contribution is -2.25. The molecule has 1 aromatic carbocycles. The molecule has 0 atom stereocenters. The van der Waals surface area contributed by atoms with Crippen LogP contribution in [-0.4, -0.2) is 29.9 Å². The van der Waals surface area contributed by atoms with Gasteiger partial charge in [0.15, 0.2) is 11.5 Å². The van der Waals surface area contributed by atoms with Crippen LogP contribution < -0.4 is 19.7 Å². The molecule has 0 radical (unpaired) electrons. The molecular weight excluding hydrogens is 316 g/mol. The van der Waals surface area contributed by atoms with Crippen molar-refractivity contribution in [3.63, 3.8) is 0 Å². The maximum Gasteiger partial charge on any atom is 0.231 e. The van der Waals surface area contributed by atoms with E-state index in [2.05, 4.69) is 26.3 Å². The first-order chi connectivity index (χ1) is 12.3. The molecule has 2 aliphatic heterocycles. The highest BCUT2D eigenvalue weighted by Crippen LogP contribution is 2.32. The van der Waals surface area contributed by atoms with Crippen LogP contribution in [0, 0.1) is 6.92 Å². The molecule has 0 spiro atoms. The van der Waals surface area contributed by atoms with Crippen LogP contribution >= 0.6 is 0 Å². The fraction of sp³-hybridized carbons (Fsp3) is 0.474. The second kappa shape index (κ2) is 7.17. The lowest BCUT2D eigenvalue weighted by atomic mass is 10.2. The molecule has 2 aliphatic rings. The number of nitrogens with one attached hydrogen (secondary N) is 1. The van der Waals surface area contributed by atoms with Gasteiger partial charge in [-0.1, -0.05) is 18.9 Å². The number of hydrogen-bond donors (Lipinski definition) is 1. The van der Waals surface area contributed by atoms with E-state index in [0.717, 1.165) is 47.6 Å². The number of fused-ring (bicyclic) bond motifs is 1. The van der Waals surface area contributed by atoms with Gasteiger partial charge in [-0.15, -0.1) is 0 Å². The molecule has 0 aliphatic carbocycles. The molecule has 1 fully saturated rings. The normalized spacial score (nSPS) is 16.6. The lowest BCUT2D eigenvalue weighted by Gasteiger charge is -2.22. The van der Waals surface area contributed by atoms with Crippen molar-refractivity contribution in [1.29, 1.82) is 0 Å². The average Bonchev–Trinajstić information content (AvgIpc) is 2.91. The molecule has 132 valence electrons. The number of aromatic nitrogens is 2. The Morgan fingerprint density at radius 1 is 1.00 bits per heavy atom. The smallest absolute Gasteiger partial charge is 0.231 e. The predicted molar refractivity (Wildman–Crippen MR) is 97.3 cm³/mol. The van der Waals surface area contributed by atoms with Gasteiger partial charge in [0, 0.05) is 25.7 Å². The Bertz CT molecular complexity index is 742. The van der Waals surface area contributed by atoms with Gasteiger partial charge in [0.2, 0.25) is 6.79 Å². The highest BCUT2D eigenvalue weighted by Gasteiger charge is 2.14. The fourth-order valence-electron chi connectivity index (χ4n) is 3.35. The third-order valence-electron chi connectivity index (χ3n) is 4.67. The number of anilines is 2. The lowest BCUT2D eigenvalue weighted by molar-refractivity contribution is 0.174. The Morgan fingerprint density at radius 2 is 1.80 bits per heavy atom. The van der Waals surface area contributed by atoms with Crippen LogP contribution in [0.3, 0.4) is 0 Å². The highest BCUT2D eigenvalue weighted by molar-refractivity contribution is 5.50. The molecule has 0 saturated carbocycles. The summed E-state index contributed by atoms with van der Waals surface area (Å²) in [5.74, 6) is 4.32. The van der Waals surface area contributed by atoms with Crippen molar-refractivity contribution in [1.82, 2.24) is 9.97 Å². The molecule has 0 unspecified atom stereocenters. The van der Waals surface area contributed by atoms with Gasteiger partial charge in [0.1, 0.15) is 17.5 Å². The number of ether oxygens (including phenoxy) is 2. The van der Waals surface area contributed by atoms with Gasteiger partial charge >= 0.3 is 0 Å². The molecule has 3 heterocycles. The van der Waals surface area contributed by atoms with Gasteiger partial charge in [-0.25, -0.2) is 9.97 Å². The number of rotatable bonds is 4. The Morgan fingerprint density at radius 3 is 2.64 bits per heavy atom. The third-order valence-corrected chi connectivity index (χ3v) is 4.67. The van der Waals surface area contributed by atoms with Crippen LogP contribution in [0.2, 0.25) is 0 Å². The number of benzene rings is 1. The topological polar surface area (TPSA) is 59.5 Å². The number of nitrogens with zero attached hydrogens (tertiary/aromatic N) is 3. The second-order valence-corrected chi connectivity index (χ2v) is 6.60. The van der Waals surface area contributed by atoms with Crippen LogP contribution in [0.1, 0.15) is 37.1 Å². The van der Waals surface area contributed by atoms with E-state index >= 15 is 0 Å². The maximum atomic E-state index is 5.44. The van der Waals surface area contributed by atoms with Crippen LogP contribution in [-0.2, 0) is 6.54 Å². The van der Waals surface area contributed by atoms with Gasteiger partial charge in [-0.05, 0) is 37.5 Å². The van der Waals surface area contributed by atoms with E-state index < -0.39 is 0 Å². The third kappa shape index (κ3) is 3.78. The summed E-state index contributed by atoms with van der Waals surface area (Å²) >= 11 is 0. The van der Waals surface area contributed by atoms with E-state index in [1.54, 1.807) is 0 Å². The summed E-state index contributed by atoms with van der Waals surface area (Å²) in [6.45, 7) is 5.10. The van der Waals surface area contributed by atoms with Gasteiger partial charge in [0.25, 0.3) is 0 Å². The van der Waals surface area contributed by atoms with Crippen LogP contribution in [0.4, 0.5) is 11.6 Å². The van der Waals surface area contributed by atoms with Crippen molar-refractivity contribution in [3.05, 3.63) is 35.7 Å². The van der Waals surface area contributed by atoms with Crippen molar-refractivity contribution in [2.75, 3.05) is 30.1 Å². The highest BCUT2D eigenvalue weighted by atomic mass is 16.7. The summed E-state index contributed by atoms with van der Waals surface area (Å²) in [6, 6.07) is 8.07. The Labute approximate surface area is 148 Å². The first-order valence-electron chi connectivity index (χ1n) is 9.01. The van der Waals surface area contributed by atoms with Gasteiger partial charge in [-0.3, -0.25) is 0 Å². The van der Waals surface area contributed by atoms with E-state index in [-0.39, 0.29) is 0 Å². The minimum Gasteiger partial charge on any atom is -0.454 e. The van der Waals surface area contributed by atoms with E-state index in [0.29, 0.717) is 13.3 Å². The van der Waals surface area contributed by atoms with Gasteiger partial charge < -0.3 is 19.7 Å². The summed E-state index contributed by atoms with van der Waals surface area (Å²) in [7, 11) is 0. The SMILES string of the molecule is Cc1nc(NCc2ccc3c(c2)OCO3)cc(N2CCCCCC2)n1.